The van der Waals surface area contributed by atoms with E-state index < -0.39 is 50.2 Å². The van der Waals surface area contributed by atoms with E-state index in [9.17, 15) is 9.36 Å². The molecule has 0 amide bonds. The van der Waals surface area contributed by atoms with Crippen LogP contribution < -0.4 is 0 Å². The molecule has 1 fully saturated rings. The average Bonchev–Trinajstić information content (AvgIpc) is 2.58. The lowest BCUT2D eigenvalue weighted by atomic mass is 9.96. The number of ketones is 1. The molecule has 10 heteroatoms. The Morgan fingerprint density at radius 2 is 1.39 bits per heavy atom. The molecule has 1 saturated heterocycles. The topological polar surface area (TPSA) is 98.8 Å². The van der Waals surface area contributed by atoms with E-state index in [1.807, 2.05) is 0 Å². The van der Waals surface area contributed by atoms with Gasteiger partial charge >= 0.3 is 7.60 Å². The molecule has 136 valence electrons. The van der Waals surface area contributed by atoms with E-state index >= 15 is 0 Å². The number of ether oxygens (including phenoxy) is 5. The summed E-state index contributed by atoms with van der Waals surface area (Å²) in [6.45, 7) is 0. The molecule has 9 nitrogen and oxygen atoms in total. The summed E-state index contributed by atoms with van der Waals surface area (Å²) in [6, 6.07) is 0. The molecular formula is C13H25O9P. The quantitative estimate of drug-likeness (QED) is 0.545. The normalized spacial score (nSPS) is 32.0. The Kier molecular flexibility index (Phi) is 8.26. The van der Waals surface area contributed by atoms with Crippen molar-refractivity contribution in [2.24, 2.45) is 0 Å². The molecule has 0 aromatic heterocycles. The van der Waals surface area contributed by atoms with Crippen LogP contribution in [0.1, 0.15) is 0 Å². The summed E-state index contributed by atoms with van der Waals surface area (Å²) >= 11 is 0. The summed E-state index contributed by atoms with van der Waals surface area (Å²) in [4.78, 5) is 12.5. The molecule has 0 saturated carbocycles. The third kappa shape index (κ3) is 4.58. The summed E-state index contributed by atoms with van der Waals surface area (Å²) in [5, 5.41) is 0. The van der Waals surface area contributed by atoms with E-state index in [1.54, 1.807) is 0 Å². The fourth-order valence-electron chi connectivity index (χ4n) is 2.52. The maximum absolute atomic E-state index is 12.5. The Balaban J connectivity index is 3.03. The highest BCUT2D eigenvalue weighted by atomic mass is 31.2. The molecule has 23 heavy (non-hydrogen) atoms. The van der Waals surface area contributed by atoms with Crippen LogP contribution in [0.5, 0.6) is 0 Å². The highest BCUT2D eigenvalue weighted by Crippen LogP contribution is 2.46. The van der Waals surface area contributed by atoms with Crippen molar-refractivity contribution in [3.63, 3.8) is 0 Å². The highest BCUT2D eigenvalue weighted by Gasteiger charge is 2.50. The number of hydrogen-bond donors (Lipinski definition) is 0. The van der Waals surface area contributed by atoms with Gasteiger partial charge in [-0.05, 0) is 0 Å². The van der Waals surface area contributed by atoms with Crippen LogP contribution >= 0.6 is 7.60 Å². The van der Waals surface area contributed by atoms with Crippen molar-refractivity contribution < 1.29 is 42.1 Å². The molecule has 1 aliphatic heterocycles. The maximum atomic E-state index is 12.5. The number of hydrogen-bond acceptors (Lipinski definition) is 9. The lowest BCUT2D eigenvalue weighted by Gasteiger charge is -2.43. The highest BCUT2D eigenvalue weighted by molar-refractivity contribution is 7.54. The van der Waals surface area contributed by atoms with Gasteiger partial charge in [0, 0.05) is 42.7 Å². The molecule has 1 rings (SSSR count). The van der Waals surface area contributed by atoms with E-state index in [1.165, 1.54) is 42.7 Å². The van der Waals surface area contributed by atoms with Crippen LogP contribution in [0.4, 0.5) is 0 Å². The molecule has 0 unspecified atom stereocenters. The number of carbonyl (C=O) groups is 1. The molecule has 5 atom stereocenters. The largest absolute Gasteiger partial charge is 0.376 e. The molecule has 1 aliphatic rings. The van der Waals surface area contributed by atoms with E-state index in [-0.39, 0.29) is 0 Å². The van der Waals surface area contributed by atoms with Crippen molar-refractivity contribution in [1.29, 1.82) is 0 Å². The van der Waals surface area contributed by atoms with Crippen molar-refractivity contribution in [2.75, 3.05) is 48.8 Å². The van der Waals surface area contributed by atoms with Gasteiger partial charge in [-0.25, -0.2) is 0 Å². The van der Waals surface area contributed by atoms with E-state index in [0.29, 0.717) is 0 Å². The lowest BCUT2D eigenvalue weighted by molar-refractivity contribution is -0.295. The van der Waals surface area contributed by atoms with E-state index in [0.717, 1.165) is 0 Å². The monoisotopic (exact) mass is 356 g/mol. The van der Waals surface area contributed by atoms with Gasteiger partial charge in [0.2, 0.25) is 0 Å². The lowest BCUT2D eigenvalue weighted by Crippen LogP contribution is -2.62. The van der Waals surface area contributed by atoms with Gasteiger partial charge < -0.3 is 32.7 Å². The van der Waals surface area contributed by atoms with Crippen LogP contribution in [0.15, 0.2) is 0 Å². The Morgan fingerprint density at radius 3 is 1.78 bits per heavy atom. The molecule has 0 aliphatic carbocycles. The minimum absolute atomic E-state index is 0.449. The molecule has 0 bridgehead atoms. The average molecular weight is 356 g/mol. The van der Waals surface area contributed by atoms with Crippen molar-refractivity contribution in [2.45, 2.75) is 30.7 Å². The summed E-state index contributed by atoms with van der Waals surface area (Å²) in [7, 11) is 4.70. The SMILES string of the molecule is CO[C@H]1O[C@H](C(=O)CP(=O)(OC)OC)[C@@H](OC)[C@H](OC)[C@@H]1OC. The summed E-state index contributed by atoms with van der Waals surface area (Å²) in [6.07, 6.45) is -4.30. The molecule has 0 aromatic rings. The van der Waals surface area contributed by atoms with Gasteiger partial charge in [0.15, 0.2) is 12.1 Å². The predicted molar refractivity (Wildman–Crippen MR) is 79.6 cm³/mol. The van der Waals surface area contributed by atoms with Gasteiger partial charge in [-0.15, -0.1) is 0 Å². The second-order valence-corrected chi connectivity index (χ2v) is 7.13. The minimum Gasteiger partial charge on any atom is -0.376 e. The van der Waals surface area contributed by atoms with Crippen molar-refractivity contribution in [3.05, 3.63) is 0 Å². The van der Waals surface area contributed by atoms with Crippen LogP contribution in [-0.2, 0) is 42.1 Å². The van der Waals surface area contributed by atoms with Crippen molar-refractivity contribution in [3.8, 4) is 0 Å². The van der Waals surface area contributed by atoms with Gasteiger partial charge in [-0.1, -0.05) is 0 Å². The second kappa shape index (κ2) is 9.19. The molecule has 0 N–H and O–H groups in total. The molecule has 1 heterocycles. The molecular weight excluding hydrogens is 331 g/mol. The zero-order valence-electron chi connectivity index (χ0n) is 14.2. The number of rotatable bonds is 9. The minimum atomic E-state index is -3.52. The van der Waals surface area contributed by atoms with Gasteiger partial charge in [-0.3, -0.25) is 9.36 Å². The van der Waals surface area contributed by atoms with Gasteiger partial charge in [0.05, 0.1) is 0 Å². The van der Waals surface area contributed by atoms with Crippen LogP contribution in [0.25, 0.3) is 0 Å². The smallest absolute Gasteiger partial charge is 0.337 e. The maximum Gasteiger partial charge on any atom is 0.337 e. The fraction of sp³-hybridized carbons (Fsp3) is 0.923. The first-order chi connectivity index (χ1) is 10.9. The van der Waals surface area contributed by atoms with Crippen molar-refractivity contribution in [1.82, 2.24) is 0 Å². The zero-order valence-corrected chi connectivity index (χ0v) is 15.1. The number of Topliss-reactive ketones (excluding diaryl/α,β-unsaturated/α-hetero) is 1. The molecule has 0 spiro atoms. The first kappa shape index (κ1) is 20.7. The Hall–Kier alpha value is -0.380. The van der Waals surface area contributed by atoms with E-state index in [4.69, 9.17) is 32.7 Å². The van der Waals surface area contributed by atoms with Crippen LogP contribution in [-0.4, -0.2) is 85.3 Å². The predicted octanol–water partition coefficient (Wildman–Crippen LogP) is 0.458. The molecule has 0 radical (unpaired) electrons. The Bertz CT molecular complexity index is 422. The molecule has 0 aromatic carbocycles. The third-order valence-corrected chi connectivity index (χ3v) is 5.58. The third-order valence-electron chi connectivity index (χ3n) is 3.77. The number of methoxy groups -OCH3 is 4. The second-order valence-electron chi connectivity index (χ2n) is 4.86. The van der Waals surface area contributed by atoms with Crippen molar-refractivity contribution >= 4 is 13.4 Å². The van der Waals surface area contributed by atoms with Crippen LogP contribution in [0.3, 0.4) is 0 Å². The van der Waals surface area contributed by atoms with Crippen LogP contribution in [0.2, 0.25) is 0 Å². The van der Waals surface area contributed by atoms with Crippen LogP contribution in [0, 0.1) is 0 Å². The van der Waals surface area contributed by atoms with Gasteiger partial charge in [-0.2, -0.15) is 0 Å². The van der Waals surface area contributed by atoms with E-state index in [2.05, 4.69) is 0 Å². The summed E-state index contributed by atoms with van der Waals surface area (Å²) in [5.74, 6) is -0.498. The number of carbonyl (C=O) groups excluding carboxylic acids is 1. The zero-order chi connectivity index (χ0) is 17.6. The fourth-order valence-corrected chi connectivity index (χ4v) is 3.49. The standard InChI is InChI=1S/C13H25O9P/c1-16-10-9(8(14)7-23(15,20-5)21-6)22-13(19-4)12(18-3)11(10)17-2/h9-13H,7H2,1-6H3/t9-,10-,11+,12+,13+/m1/s1. The summed E-state index contributed by atoms with van der Waals surface area (Å²) < 4.78 is 48.7. The Labute approximate surface area is 136 Å². The van der Waals surface area contributed by atoms with Gasteiger partial charge in [0.25, 0.3) is 0 Å². The first-order valence-electron chi connectivity index (χ1n) is 6.91. The summed E-state index contributed by atoms with van der Waals surface area (Å²) in [5.41, 5.74) is 0. The first-order valence-corrected chi connectivity index (χ1v) is 8.64. The Morgan fingerprint density at radius 1 is 0.870 bits per heavy atom. The van der Waals surface area contributed by atoms with Gasteiger partial charge in [0.1, 0.15) is 30.6 Å².